The molecule has 4 amide bonds. The van der Waals surface area contributed by atoms with E-state index in [9.17, 15) is 29.7 Å². The molecular weight excluding hydrogens is 656 g/mol. The molecule has 17 nitrogen and oxygen atoms in total. The fraction of sp³-hybridized carbons (Fsp3) is 0.900. The van der Waals surface area contributed by atoms with Crippen molar-refractivity contribution < 1.29 is 62.9 Å². The zero-order chi connectivity index (χ0) is 34.6. The molecule has 18 heteroatoms. The molecule has 3 unspecified atom stereocenters. The second-order valence-corrected chi connectivity index (χ2v) is 12.9. The van der Waals surface area contributed by atoms with Gasteiger partial charge in [-0.05, 0) is 12.8 Å². The van der Waals surface area contributed by atoms with E-state index in [0.29, 0.717) is 77.7 Å². The Morgan fingerprint density at radius 3 is 2.08 bits per heavy atom. The van der Waals surface area contributed by atoms with Crippen molar-refractivity contribution in [1.29, 1.82) is 0 Å². The highest BCUT2D eigenvalue weighted by Crippen LogP contribution is 2.33. The molecule has 0 bridgehead atoms. The van der Waals surface area contributed by atoms with Crippen LogP contribution in [0.25, 0.3) is 0 Å². The third-order valence-electron chi connectivity index (χ3n) is 7.90. The average molecular weight is 711 g/mol. The molecule has 0 spiro atoms. The second-order valence-electron chi connectivity index (χ2n) is 11.6. The van der Waals surface area contributed by atoms with Crippen molar-refractivity contribution in [2.45, 2.75) is 80.6 Å². The SMILES string of the molecule is CC(=O)N[C@H]1[C@H](OCCOCCOCCOCCOCCOCCNC(=O)CCCCC2SCC3NC(=O)NC32)O[C@H](CO)[C@@H](O)[C@@H]1O. The number of ether oxygens (including phenoxy) is 7. The maximum Gasteiger partial charge on any atom is 0.315 e. The fourth-order valence-corrected chi connectivity index (χ4v) is 6.99. The molecule has 48 heavy (non-hydrogen) atoms. The summed E-state index contributed by atoms with van der Waals surface area (Å²) in [4.78, 5) is 34.9. The molecule has 3 rings (SSSR count). The van der Waals surface area contributed by atoms with Gasteiger partial charge in [0.05, 0.1) is 91.4 Å². The molecule has 0 aromatic heterocycles. The van der Waals surface area contributed by atoms with Crippen LogP contribution >= 0.6 is 11.8 Å². The van der Waals surface area contributed by atoms with Crippen molar-refractivity contribution in [1.82, 2.24) is 21.3 Å². The number of hydrogen-bond acceptors (Lipinski definition) is 14. The molecule has 278 valence electrons. The summed E-state index contributed by atoms with van der Waals surface area (Å²) in [6.07, 6.45) is -1.56. The van der Waals surface area contributed by atoms with Gasteiger partial charge in [-0.3, -0.25) is 9.59 Å². The number of urea groups is 1. The maximum absolute atomic E-state index is 12.0. The van der Waals surface area contributed by atoms with E-state index in [-0.39, 0.29) is 37.2 Å². The van der Waals surface area contributed by atoms with Gasteiger partial charge < -0.3 is 69.7 Å². The molecule has 0 saturated carbocycles. The van der Waals surface area contributed by atoms with Gasteiger partial charge in [0.25, 0.3) is 0 Å². The van der Waals surface area contributed by atoms with Gasteiger partial charge in [-0.25, -0.2) is 4.79 Å². The minimum absolute atomic E-state index is 0.0216. The van der Waals surface area contributed by atoms with Gasteiger partial charge >= 0.3 is 6.03 Å². The van der Waals surface area contributed by atoms with Crippen LogP contribution < -0.4 is 21.3 Å². The summed E-state index contributed by atoms with van der Waals surface area (Å²) in [5.41, 5.74) is 0. The van der Waals surface area contributed by atoms with E-state index in [4.69, 9.17) is 33.2 Å². The smallest absolute Gasteiger partial charge is 0.315 e. The van der Waals surface area contributed by atoms with Crippen molar-refractivity contribution >= 4 is 29.6 Å². The molecule has 3 heterocycles. The van der Waals surface area contributed by atoms with Crippen molar-refractivity contribution in [2.24, 2.45) is 0 Å². The van der Waals surface area contributed by atoms with Gasteiger partial charge in [-0.15, -0.1) is 0 Å². The molecule has 0 aromatic rings. The lowest BCUT2D eigenvalue weighted by atomic mass is 9.97. The highest BCUT2D eigenvalue weighted by Gasteiger charge is 2.45. The third kappa shape index (κ3) is 15.0. The maximum atomic E-state index is 12.0. The molecule has 0 aliphatic carbocycles. The molecule has 8 atom stereocenters. The Balaban J connectivity index is 1.02. The average Bonchev–Trinajstić information content (AvgIpc) is 3.62. The predicted molar refractivity (Wildman–Crippen MR) is 172 cm³/mol. The number of amides is 4. The van der Waals surface area contributed by atoms with Gasteiger partial charge in [-0.1, -0.05) is 6.42 Å². The zero-order valence-electron chi connectivity index (χ0n) is 27.7. The molecular formula is C30H54N4O13S. The Labute approximate surface area is 285 Å². The Hall–Kier alpha value is -1.84. The molecule has 3 aliphatic heterocycles. The van der Waals surface area contributed by atoms with Crippen molar-refractivity contribution in [3.8, 4) is 0 Å². The molecule has 3 aliphatic rings. The number of unbranched alkanes of at least 4 members (excludes halogenated alkanes) is 1. The van der Waals surface area contributed by atoms with Gasteiger partial charge in [0.15, 0.2) is 6.29 Å². The summed E-state index contributed by atoms with van der Waals surface area (Å²) < 4.78 is 38.4. The first-order chi connectivity index (χ1) is 23.3. The Bertz CT molecular complexity index is 941. The molecule has 0 aromatic carbocycles. The highest BCUT2D eigenvalue weighted by atomic mass is 32.2. The number of carbonyl (C=O) groups is 3. The van der Waals surface area contributed by atoms with Gasteiger partial charge in [0.2, 0.25) is 11.8 Å². The molecule has 7 N–H and O–H groups in total. The van der Waals surface area contributed by atoms with E-state index >= 15 is 0 Å². The van der Waals surface area contributed by atoms with Crippen LogP contribution in [0.15, 0.2) is 0 Å². The topological polar surface area (TPSA) is 225 Å². The Morgan fingerprint density at radius 2 is 1.48 bits per heavy atom. The lowest BCUT2D eigenvalue weighted by Crippen LogP contribution is -2.64. The number of aliphatic hydroxyl groups is 3. The van der Waals surface area contributed by atoms with Crippen LogP contribution in [0.3, 0.4) is 0 Å². The summed E-state index contributed by atoms with van der Waals surface area (Å²) in [5, 5.41) is 41.4. The van der Waals surface area contributed by atoms with Crippen LogP contribution in [-0.4, -0.2) is 173 Å². The predicted octanol–water partition coefficient (Wildman–Crippen LogP) is -2.13. The van der Waals surface area contributed by atoms with Crippen LogP contribution in [0.4, 0.5) is 4.79 Å². The molecule has 3 saturated heterocycles. The van der Waals surface area contributed by atoms with E-state index in [0.717, 1.165) is 25.0 Å². The largest absolute Gasteiger partial charge is 0.394 e. The first-order valence-electron chi connectivity index (χ1n) is 16.6. The number of rotatable bonds is 26. The van der Waals surface area contributed by atoms with Crippen LogP contribution in [0.5, 0.6) is 0 Å². The number of aliphatic hydroxyl groups excluding tert-OH is 3. The van der Waals surface area contributed by atoms with E-state index in [2.05, 4.69) is 21.3 Å². The monoisotopic (exact) mass is 710 g/mol. The first kappa shape index (κ1) is 40.6. The number of thioether (sulfide) groups is 1. The van der Waals surface area contributed by atoms with E-state index in [1.807, 2.05) is 11.8 Å². The summed E-state index contributed by atoms with van der Waals surface area (Å²) in [6.45, 7) is 5.10. The standard InChI is InChI=1S/C30H54N4O13S/c1-20(36)32-26-28(39)27(38)22(18-35)47-29(26)46-17-16-45-15-14-44-13-12-43-11-10-42-9-8-41-7-6-31-24(37)5-3-2-4-23-25-21(19-48-23)33-30(40)34-25/h21-23,25-29,35,38-39H,2-19H2,1H3,(H,31,37)(H,32,36)(H2,33,34,40)/t21?,22-,23?,25?,26-,27-,28-,29-/m1/s1. The summed E-state index contributed by atoms with van der Waals surface area (Å²) in [6, 6.07) is -0.624. The van der Waals surface area contributed by atoms with Crippen LogP contribution in [0.1, 0.15) is 32.6 Å². The van der Waals surface area contributed by atoms with E-state index in [1.54, 1.807) is 0 Å². The minimum Gasteiger partial charge on any atom is -0.394 e. The van der Waals surface area contributed by atoms with E-state index < -0.39 is 43.2 Å². The highest BCUT2D eigenvalue weighted by molar-refractivity contribution is 8.00. The fourth-order valence-electron chi connectivity index (χ4n) is 5.44. The van der Waals surface area contributed by atoms with Crippen LogP contribution in [0.2, 0.25) is 0 Å². The quantitative estimate of drug-likeness (QED) is 0.0377. The first-order valence-corrected chi connectivity index (χ1v) is 17.7. The lowest BCUT2D eigenvalue weighted by Gasteiger charge is -2.42. The number of hydrogen-bond donors (Lipinski definition) is 7. The minimum atomic E-state index is -1.37. The van der Waals surface area contributed by atoms with Gasteiger partial charge in [0, 0.05) is 30.9 Å². The Kier molecular flexibility index (Phi) is 19.9. The van der Waals surface area contributed by atoms with Crippen molar-refractivity contribution in [2.75, 3.05) is 91.6 Å². The third-order valence-corrected chi connectivity index (χ3v) is 9.41. The Morgan fingerprint density at radius 1 is 0.875 bits per heavy atom. The molecule has 0 radical (unpaired) electrons. The molecule has 3 fully saturated rings. The summed E-state index contributed by atoms with van der Waals surface area (Å²) in [5.74, 6) is 0.545. The number of carbonyl (C=O) groups excluding carboxylic acids is 3. The zero-order valence-corrected chi connectivity index (χ0v) is 28.5. The lowest BCUT2D eigenvalue weighted by molar-refractivity contribution is -0.272. The van der Waals surface area contributed by atoms with Gasteiger partial charge in [0.1, 0.15) is 24.4 Å². The summed E-state index contributed by atoms with van der Waals surface area (Å²) >= 11 is 1.89. The summed E-state index contributed by atoms with van der Waals surface area (Å²) in [7, 11) is 0. The number of fused-ring (bicyclic) bond motifs is 1. The number of nitrogens with one attached hydrogen (secondary N) is 4. The van der Waals surface area contributed by atoms with Crippen molar-refractivity contribution in [3.05, 3.63) is 0 Å². The van der Waals surface area contributed by atoms with Crippen LogP contribution in [-0.2, 0) is 42.7 Å². The second kappa shape index (κ2) is 23.5. The van der Waals surface area contributed by atoms with Crippen LogP contribution in [0, 0.1) is 0 Å². The van der Waals surface area contributed by atoms with Gasteiger partial charge in [-0.2, -0.15) is 11.8 Å². The normalized spacial score (nSPS) is 28.1. The van der Waals surface area contributed by atoms with E-state index in [1.165, 1.54) is 6.92 Å². The van der Waals surface area contributed by atoms with Crippen molar-refractivity contribution in [3.63, 3.8) is 0 Å².